The minimum atomic E-state index is -0.288. The first-order valence-corrected chi connectivity index (χ1v) is 5.65. The molecule has 0 aliphatic heterocycles. The van der Waals surface area contributed by atoms with Crippen molar-refractivity contribution in [1.82, 2.24) is 0 Å². The van der Waals surface area contributed by atoms with Crippen LogP contribution < -0.4 is 5.73 Å². The predicted octanol–water partition coefficient (Wildman–Crippen LogP) is 2.92. The van der Waals surface area contributed by atoms with E-state index in [1.54, 1.807) is 12.1 Å². The average molecular weight is 221 g/mol. The lowest BCUT2D eigenvalue weighted by Crippen LogP contribution is -2.16. The molecule has 0 spiro atoms. The van der Waals surface area contributed by atoms with Gasteiger partial charge in [0.15, 0.2) is 0 Å². The van der Waals surface area contributed by atoms with Crippen LogP contribution in [0.2, 0.25) is 0 Å². The SMILES string of the molecule is CCC(CC)OC(=O)c1cc(C)cc(N)c1. The first-order valence-electron chi connectivity index (χ1n) is 5.65. The third-order valence-electron chi connectivity index (χ3n) is 2.52. The molecule has 1 rings (SSSR count). The van der Waals surface area contributed by atoms with Gasteiger partial charge in [0.1, 0.15) is 6.10 Å². The first-order chi connectivity index (χ1) is 7.56. The van der Waals surface area contributed by atoms with E-state index in [2.05, 4.69) is 0 Å². The van der Waals surface area contributed by atoms with Crippen LogP contribution in [-0.2, 0) is 4.74 Å². The third-order valence-corrected chi connectivity index (χ3v) is 2.52. The normalized spacial score (nSPS) is 10.5. The number of carbonyl (C=O) groups is 1. The lowest BCUT2D eigenvalue weighted by atomic mass is 10.1. The number of anilines is 1. The average Bonchev–Trinajstić information content (AvgIpc) is 2.24. The molecular formula is C13H19NO2. The van der Waals surface area contributed by atoms with Crippen molar-refractivity contribution in [2.45, 2.75) is 39.7 Å². The number of carbonyl (C=O) groups excluding carboxylic acids is 1. The summed E-state index contributed by atoms with van der Waals surface area (Å²) in [6, 6.07) is 5.27. The highest BCUT2D eigenvalue weighted by molar-refractivity contribution is 5.90. The Kier molecular flexibility index (Phi) is 4.35. The fourth-order valence-corrected chi connectivity index (χ4v) is 1.61. The van der Waals surface area contributed by atoms with E-state index in [1.165, 1.54) is 0 Å². The van der Waals surface area contributed by atoms with Gasteiger partial charge in [-0.25, -0.2) is 4.79 Å². The van der Waals surface area contributed by atoms with E-state index >= 15 is 0 Å². The van der Waals surface area contributed by atoms with E-state index in [0.29, 0.717) is 11.3 Å². The molecule has 0 aromatic heterocycles. The van der Waals surface area contributed by atoms with Crippen LogP contribution in [0, 0.1) is 6.92 Å². The van der Waals surface area contributed by atoms with E-state index in [9.17, 15) is 4.79 Å². The van der Waals surface area contributed by atoms with Gasteiger partial charge in [0.2, 0.25) is 0 Å². The second-order valence-corrected chi connectivity index (χ2v) is 3.98. The van der Waals surface area contributed by atoms with Gasteiger partial charge in [0.25, 0.3) is 0 Å². The monoisotopic (exact) mass is 221 g/mol. The molecular weight excluding hydrogens is 202 g/mol. The highest BCUT2D eigenvalue weighted by atomic mass is 16.5. The summed E-state index contributed by atoms with van der Waals surface area (Å²) in [6.45, 7) is 5.92. The summed E-state index contributed by atoms with van der Waals surface area (Å²) in [7, 11) is 0. The Bertz CT molecular complexity index is 350. The number of nitrogens with two attached hydrogens (primary N) is 1. The second-order valence-electron chi connectivity index (χ2n) is 3.98. The van der Waals surface area contributed by atoms with Crippen LogP contribution in [0.15, 0.2) is 18.2 Å². The van der Waals surface area contributed by atoms with Gasteiger partial charge in [0.05, 0.1) is 5.56 Å². The van der Waals surface area contributed by atoms with Crippen LogP contribution >= 0.6 is 0 Å². The fourth-order valence-electron chi connectivity index (χ4n) is 1.61. The van der Waals surface area contributed by atoms with Gasteiger partial charge in [-0.2, -0.15) is 0 Å². The van der Waals surface area contributed by atoms with Crippen molar-refractivity contribution in [1.29, 1.82) is 0 Å². The van der Waals surface area contributed by atoms with E-state index < -0.39 is 0 Å². The highest BCUT2D eigenvalue weighted by Gasteiger charge is 2.13. The number of esters is 1. The fraction of sp³-hybridized carbons (Fsp3) is 0.462. The molecule has 1 aromatic rings. The summed E-state index contributed by atoms with van der Waals surface area (Å²) in [5, 5.41) is 0. The molecule has 88 valence electrons. The quantitative estimate of drug-likeness (QED) is 0.628. The molecule has 0 fully saturated rings. The number of aryl methyl sites for hydroxylation is 1. The van der Waals surface area contributed by atoms with Crippen LogP contribution in [0.4, 0.5) is 5.69 Å². The summed E-state index contributed by atoms with van der Waals surface area (Å²) in [4.78, 5) is 11.8. The molecule has 0 bridgehead atoms. The largest absolute Gasteiger partial charge is 0.459 e. The highest BCUT2D eigenvalue weighted by Crippen LogP contribution is 2.14. The third kappa shape index (κ3) is 3.26. The molecule has 0 amide bonds. The van der Waals surface area contributed by atoms with Crippen LogP contribution in [0.3, 0.4) is 0 Å². The van der Waals surface area contributed by atoms with Crippen LogP contribution in [0.1, 0.15) is 42.6 Å². The molecule has 16 heavy (non-hydrogen) atoms. The summed E-state index contributed by atoms with van der Waals surface area (Å²) in [6.07, 6.45) is 1.67. The summed E-state index contributed by atoms with van der Waals surface area (Å²) >= 11 is 0. The maximum absolute atomic E-state index is 11.8. The van der Waals surface area contributed by atoms with E-state index in [-0.39, 0.29) is 12.1 Å². The maximum atomic E-state index is 11.8. The van der Waals surface area contributed by atoms with Crippen LogP contribution in [0.25, 0.3) is 0 Å². The molecule has 2 N–H and O–H groups in total. The minimum Gasteiger partial charge on any atom is -0.459 e. The lowest BCUT2D eigenvalue weighted by Gasteiger charge is -2.14. The molecule has 0 heterocycles. The summed E-state index contributed by atoms with van der Waals surface area (Å²) in [5.74, 6) is -0.288. The van der Waals surface area contributed by atoms with Crippen molar-refractivity contribution in [3.8, 4) is 0 Å². The molecule has 0 aliphatic carbocycles. The number of ether oxygens (including phenoxy) is 1. The van der Waals surface area contributed by atoms with Crippen molar-refractivity contribution >= 4 is 11.7 Å². The van der Waals surface area contributed by atoms with Gasteiger partial charge >= 0.3 is 5.97 Å². The standard InChI is InChI=1S/C13H19NO2/c1-4-12(5-2)16-13(15)10-6-9(3)7-11(14)8-10/h6-8,12H,4-5,14H2,1-3H3. The zero-order valence-corrected chi connectivity index (χ0v) is 10.1. The Morgan fingerprint density at radius 1 is 1.31 bits per heavy atom. The zero-order chi connectivity index (χ0) is 12.1. The van der Waals surface area contributed by atoms with Crippen molar-refractivity contribution in [2.24, 2.45) is 0 Å². The van der Waals surface area contributed by atoms with Gasteiger partial charge in [-0.15, -0.1) is 0 Å². The van der Waals surface area contributed by atoms with E-state index in [1.807, 2.05) is 26.8 Å². The van der Waals surface area contributed by atoms with Crippen LogP contribution in [0.5, 0.6) is 0 Å². The topological polar surface area (TPSA) is 52.3 Å². The molecule has 0 atom stereocenters. The molecule has 0 radical (unpaired) electrons. The zero-order valence-electron chi connectivity index (χ0n) is 10.1. The van der Waals surface area contributed by atoms with Gasteiger partial charge in [-0.1, -0.05) is 13.8 Å². The molecule has 3 nitrogen and oxygen atoms in total. The van der Waals surface area contributed by atoms with Gasteiger partial charge in [-0.3, -0.25) is 0 Å². The maximum Gasteiger partial charge on any atom is 0.338 e. The number of rotatable bonds is 4. The number of hydrogen-bond donors (Lipinski definition) is 1. The molecule has 1 aromatic carbocycles. The van der Waals surface area contributed by atoms with Gasteiger partial charge in [0, 0.05) is 5.69 Å². The van der Waals surface area contributed by atoms with E-state index in [0.717, 1.165) is 18.4 Å². The Hall–Kier alpha value is -1.51. The van der Waals surface area contributed by atoms with Crippen molar-refractivity contribution in [2.75, 3.05) is 5.73 Å². The van der Waals surface area contributed by atoms with Crippen LogP contribution in [-0.4, -0.2) is 12.1 Å². The molecule has 0 saturated carbocycles. The Balaban J connectivity index is 2.80. The van der Waals surface area contributed by atoms with Gasteiger partial charge in [-0.05, 0) is 43.5 Å². The smallest absolute Gasteiger partial charge is 0.338 e. The second kappa shape index (κ2) is 5.54. The summed E-state index contributed by atoms with van der Waals surface area (Å²) in [5.41, 5.74) is 7.78. The lowest BCUT2D eigenvalue weighted by molar-refractivity contribution is 0.0284. The Morgan fingerprint density at radius 3 is 2.44 bits per heavy atom. The van der Waals surface area contributed by atoms with Crippen molar-refractivity contribution in [3.05, 3.63) is 29.3 Å². The number of nitrogen functional groups attached to an aromatic ring is 1. The Labute approximate surface area is 96.6 Å². The molecule has 0 unspecified atom stereocenters. The molecule has 0 aliphatic rings. The molecule has 0 saturated heterocycles. The Morgan fingerprint density at radius 2 is 1.94 bits per heavy atom. The summed E-state index contributed by atoms with van der Waals surface area (Å²) < 4.78 is 5.35. The van der Waals surface area contributed by atoms with Gasteiger partial charge < -0.3 is 10.5 Å². The van der Waals surface area contributed by atoms with E-state index in [4.69, 9.17) is 10.5 Å². The van der Waals surface area contributed by atoms with Crippen molar-refractivity contribution < 1.29 is 9.53 Å². The minimum absolute atomic E-state index is 0.00534. The molecule has 3 heteroatoms. The number of benzene rings is 1. The predicted molar refractivity (Wildman–Crippen MR) is 65.4 cm³/mol. The van der Waals surface area contributed by atoms with Crippen molar-refractivity contribution in [3.63, 3.8) is 0 Å². The number of hydrogen-bond acceptors (Lipinski definition) is 3. The first kappa shape index (κ1) is 12.6.